The van der Waals surface area contributed by atoms with E-state index in [0.717, 1.165) is 18.6 Å². The molecule has 2 rings (SSSR count). The minimum atomic E-state index is -0.509. The van der Waals surface area contributed by atoms with E-state index in [1.54, 1.807) is 13.2 Å². The van der Waals surface area contributed by atoms with E-state index < -0.39 is 6.04 Å². The molecule has 5 nitrogen and oxygen atoms in total. The van der Waals surface area contributed by atoms with Crippen LogP contribution in [0.4, 0.5) is 0 Å². The average molecular weight is 320 g/mol. The van der Waals surface area contributed by atoms with Crippen LogP contribution in [0.3, 0.4) is 0 Å². The quantitative estimate of drug-likeness (QED) is 0.811. The van der Waals surface area contributed by atoms with E-state index in [4.69, 9.17) is 4.42 Å². The van der Waals surface area contributed by atoms with Crippen molar-refractivity contribution in [3.63, 3.8) is 0 Å². The van der Waals surface area contributed by atoms with Gasteiger partial charge < -0.3 is 15.1 Å². The molecule has 128 valence electrons. The Labute approximate surface area is 138 Å². The number of hydrogen-bond acceptors (Lipinski definition) is 3. The molecule has 2 atom stereocenters. The van der Waals surface area contributed by atoms with Gasteiger partial charge in [-0.1, -0.05) is 19.3 Å². The highest BCUT2D eigenvalue weighted by molar-refractivity contribution is 5.87. The summed E-state index contributed by atoms with van der Waals surface area (Å²) in [5.41, 5.74) is 0. The molecule has 0 bridgehead atoms. The summed E-state index contributed by atoms with van der Waals surface area (Å²) in [4.78, 5) is 24.2. The zero-order chi connectivity index (χ0) is 16.7. The first-order valence-electron chi connectivity index (χ1n) is 8.66. The van der Waals surface area contributed by atoms with Gasteiger partial charge in [0, 0.05) is 18.9 Å². The lowest BCUT2D eigenvalue weighted by molar-refractivity contribution is -0.129. The highest BCUT2D eigenvalue weighted by Gasteiger charge is 2.21. The van der Waals surface area contributed by atoms with E-state index in [0.29, 0.717) is 18.8 Å². The van der Waals surface area contributed by atoms with Gasteiger partial charge in [0.05, 0.1) is 6.26 Å². The Bertz CT molecular complexity index is 492. The van der Waals surface area contributed by atoms with Crippen LogP contribution in [0, 0.1) is 5.92 Å². The van der Waals surface area contributed by atoms with Crippen molar-refractivity contribution in [3.8, 4) is 0 Å². The SMILES string of the molecule is CC(Cc1ccco1)NC(=O)C(C)NC(=O)CC1CCCCC1. The highest BCUT2D eigenvalue weighted by Crippen LogP contribution is 2.26. The maximum Gasteiger partial charge on any atom is 0.242 e. The van der Waals surface area contributed by atoms with Crippen LogP contribution < -0.4 is 10.6 Å². The topological polar surface area (TPSA) is 71.3 Å². The number of carbonyl (C=O) groups is 2. The summed E-state index contributed by atoms with van der Waals surface area (Å²) in [5.74, 6) is 1.16. The molecular weight excluding hydrogens is 292 g/mol. The van der Waals surface area contributed by atoms with Gasteiger partial charge in [-0.05, 0) is 44.7 Å². The van der Waals surface area contributed by atoms with Crippen LogP contribution in [0.25, 0.3) is 0 Å². The molecule has 2 amide bonds. The number of amides is 2. The summed E-state index contributed by atoms with van der Waals surface area (Å²) in [6.45, 7) is 3.66. The molecule has 1 saturated carbocycles. The van der Waals surface area contributed by atoms with Crippen molar-refractivity contribution >= 4 is 11.8 Å². The molecule has 1 aromatic rings. The predicted molar refractivity (Wildman–Crippen MR) is 88.8 cm³/mol. The third-order valence-electron chi connectivity index (χ3n) is 4.45. The maximum atomic E-state index is 12.2. The molecule has 1 fully saturated rings. The Morgan fingerprint density at radius 3 is 2.61 bits per heavy atom. The van der Waals surface area contributed by atoms with Crippen LogP contribution in [0.5, 0.6) is 0 Å². The first kappa shape index (κ1) is 17.6. The summed E-state index contributed by atoms with van der Waals surface area (Å²) in [5, 5.41) is 5.73. The molecule has 5 heteroatoms. The van der Waals surface area contributed by atoms with Crippen LogP contribution in [-0.4, -0.2) is 23.9 Å². The zero-order valence-corrected chi connectivity index (χ0v) is 14.1. The second kappa shape index (κ2) is 8.75. The number of rotatable bonds is 7. The van der Waals surface area contributed by atoms with Gasteiger partial charge in [-0.3, -0.25) is 9.59 Å². The second-order valence-corrected chi connectivity index (χ2v) is 6.69. The first-order chi connectivity index (χ1) is 11.0. The summed E-state index contributed by atoms with van der Waals surface area (Å²) < 4.78 is 5.27. The number of furan rings is 1. The van der Waals surface area contributed by atoms with E-state index in [2.05, 4.69) is 10.6 Å². The Balaban J connectivity index is 1.69. The van der Waals surface area contributed by atoms with E-state index in [1.807, 2.05) is 19.1 Å². The van der Waals surface area contributed by atoms with Crippen LogP contribution in [0.2, 0.25) is 0 Å². The average Bonchev–Trinajstić information content (AvgIpc) is 3.00. The van der Waals surface area contributed by atoms with E-state index in [-0.39, 0.29) is 17.9 Å². The Hall–Kier alpha value is -1.78. The Morgan fingerprint density at radius 2 is 1.96 bits per heavy atom. The third-order valence-corrected chi connectivity index (χ3v) is 4.45. The van der Waals surface area contributed by atoms with E-state index in [9.17, 15) is 9.59 Å². The molecule has 23 heavy (non-hydrogen) atoms. The normalized spacial score (nSPS) is 18.2. The fourth-order valence-electron chi connectivity index (χ4n) is 3.17. The Kier molecular flexibility index (Phi) is 6.68. The largest absolute Gasteiger partial charge is 0.469 e. The lowest BCUT2D eigenvalue weighted by atomic mass is 9.87. The molecule has 2 N–H and O–H groups in total. The van der Waals surface area contributed by atoms with Crippen molar-refractivity contribution in [1.29, 1.82) is 0 Å². The highest BCUT2D eigenvalue weighted by atomic mass is 16.3. The molecule has 0 aliphatic heterocycles. The smallest absolute Gasteiger partial charge is 0.242 e. The van der Waals surface area contributed by atoms with Crippen molar-refractivity contribution < 1.29 is 14.0 Å². The second-order valence-electron chi connectivity index (χ2n) is 6.69. The molecular formula is C18H28N2O3. The summed E-state index contributed by atoms with van der Waals surface area (Å²) in [7, 11) is 0. The molecule has 1 aliphatic rings. The molecule has 0 aromatic carbocycles. The molecule has 1 heterocycles. The number of nitrogens with one attached hydrogen (secondary N) is 2. The van der Waals surface area contributed by atoms with Gasteiger partial charge in [-0.2, -0.15) is 0 Å². The van der Waals surface area contributed by atoms with Gasteiger partial charge in [0.25, 0.3) is 0 Å². The van der Waals surface area contributed by atoms with E-state index >= 15 is 0 Å². The zero-order valence-electron chi connectivity index (χ0n) is 14.1. The number of hydrogen-bond donors (Lipinski definition) is 2. The maximum absolute atomic E-state index is 12.2. The molecule has 0 saturated heterocycles. The summed E-state index contributed by atoms with van der Waals surface area (Å²) in [6, 6.07) is 3.17. The molecule has 0 radical (unpaired) electrons. The van der Waals surface area contributed by atoms with Gasteiger partial charge in [0.2, 0.25) is 11.8 Å². The van der Waals surface area contributed by atoms with Gasteiger partial charge in [-0.15, -0.1) is 0 Å². The van der Waals surface area contributed by atoms with Gasteiger partial charge in [0.1, 0.15) is 11.8 Å². The first-order valence-corrected chi connectivity index (χ1v) is 8.66. The minimum absolute atomic E-state index is 0.0155. The van der Waals surface area contributed by atoms with Crippen molar-refractivity contribution in [2.24, 2.45) is 5.92 Å². The van der Waals surface area contributed by atoms with E-state index in [1.165, 1.54) is 19.3 Å². The fourth-order valence-corrected chi connectivity index (χ4v) is 3.17. The third kappa shape index (κ3) is 6.08. The van der Waals surface area contributed by atoms with Crippen molar-refractivity contribution in [3.05, 3.63) is 24.2 Å². The van der Waals surface area contributed by atoms with Crippen LogP contribution in [0.15, 0.2) is 22.8 Å². The molecule has 1 aliphatic carbocycles. The van der Waals surface area contributed by atoms with Gasteiger partial charge >= 0.3 is 0 Å². The lowest BCUT2D eigenvalue weighted by Crippen LogP contribution is -2.48. The van der Waals surface area contributed by atoms with Crippen molar-refractivity contribution in [2.75, 3.05) is 0 Å². The molecule has 2 unspecified atom stereocenters. The van der Waals surface area contributed by atoms with Crippen molar-refractivity contribution in [2.45, 2.75) is 70.9 Å². The molecule has 0 spiro atoms. The number of carbonyl (C=O) groups excluding carboxylic acids is 2. The Morgan fingerprint density at radius 1 is 1.22 bits per heavy atom. The predicted octanol–water partition coefficient (Wildman–Crippen LogP) is 2.80. The summed E-state index contributed by atoms with van der Waals surface area (Å²) in [6.07, 6.45) is 8.79. The van der Waals surface area contributed by atoms with Crippen LogP contribution >= 0.6 is 0 Å². The van der Waals surface area contributed by atoms with Gasteiger partial charge in [-0.25, -0.2) is 0 Å². The minimum Gasteiger partial charge on any atom is -0.469 e. The van der Waals surface area contributed by atoms with Crippen molar-refractivity contribution in [1.82, 2.24) is 10.6 Å². The molecule has 1 aromatic heterocycles. The summed E-state index contributed by atoms with van der Waals surface area (Å²) >= 11 is 0. The van der Waals surface area contributed by atoms with Gasteiger partial charge in [0.15, 0.2) is 0 Å². The van der Waals surface area contributed by atoms with Crippen LogP contribution in [0.1, 0.15) is 58.1 Å². The standard InChI is InChI=1S/C18H28N2O3/c1-13(11-16-9-6-10-23-16)19-18(22)14(2)20-17(21)12-15-7-4-3-5-8-15/h6,9-10,13-15H,3-5,7-8,11-12H2,1-2H3,(H,19,22)(H,20,21). The fraction of sp³-hybridized carbons (Fsp3) is 0.667. The lowest BCUT2D eigenvalue weighted by Gasteiger charge is -2.22. The monoisotopic (exact) mass is 320 g/mol. The van der Waals surface area contributed by atoms with Crippen LogP contribution in [-0.2, 0) is 16.0 Å².